The van der Waals surface area contributed by atoms with Gasteiger partial charge in [-0.15, -0.1) is 0 Å². The summed E-state index contributed by atoms with van der Waals surface area (Å²) in [6.45, 7) is 0. The first-order chi connectivity index (χ1) is 14.4. The first-order valence-corrected chi connectivity index (χ1v) is 9.96. The number of rotatable bonds is 4. The van der Waals surface area contributed by atoms with Crippen LogP contribution >= 0.6 is 11.6 Å². The summed E-state index contributed by atoms with van der Waals surface area (Å²) in [5, 5.41) is 16.4. The average Bonchev–Trinajstić information content (AvgIpc) is 3.32. The number of allylic oxidation sites excluding steroid dienone is 2. The normalized spacial score (nSPS) is 27.3. The van der Waals surface area contributed by atoms with Crippen molar-refractivity contribution in [3.63, 3.8) is 0 Å². The number of hydrazone groups is 1. The zero-order chi connectivity index (χ0) is 21.0. The molecule has 8 nitrogen and oxygen atoms in total. The summed E-state index contributed by atoms with van der Waals surface area (Å²) >= 11 is 6.15. The van der Waals surface area contributed by atoms with Crippen molar-refractivity contribution in [1.82, 2.24) is 5.01 Å². The van der Waals surface area contributed by atoms with E-state index in [4.69, 9.17) is 16.0 Å². The van der Waals surface area contributed by atoms with Crippen LogP contribution in [0, 0.1) is 33.8 Å². The van der Waals surface area contributed by atoms with Crippen molar-refractivity contribution in [2.75, 3.05) is 0 Å². The summed E-state index contributed by atoms with van der Waals surface area (Å²) < 4.78 is 5.67. The smallest absolute Gasteiger partial charge is 0.270 e. The summed E-state index contributed by atoms with van der Waals surface area (Å²) in [5.41, 5.74) is 0.257. The fraction of sp³-hybridized carbons (Fsp3) is 0.286. The summed E-state index contributed by atoms with van der Waals surface area (Å²) in [5.74, 6) is -0.374. The van der Waals surface area contributed by atoms with Gasteiger partial charge >= 0.3 is 0 Å². The number of imide groups is 1. The molecule has 3 aliphatic carbocycles. The molecule has 1 saturated carbocycles. The highest BCUT2D eigenvalue weighted by Gasteiger charge is 2.56. The lowest BCUT2D eigenvalue weighted by Gasteiger charge is -2.37. The minimum absolute atomic E-state index is 0.0999. The van der Waals surface area contributed by atoms with E-state index in [9.17, 15) is 19.7 Å². The Morgan fingerprint density at radius 3 is 2.37 bits per heavy atom. The number of amides is 2. The Balaban J connectivity index is 1.39. The van der Waals surface area contributed by atoms with Crippen molar-refractivity contribution in [2.45, 2.75) is 12.8 Å². The lowest BCUT2D eigenvalue weighted by Crippen LogP contribution is -2.38. The second kappa shape index (κ2) is 6.91. The molecule has 152 valence electrons. The van der Waals surface area contributed by atoms with Crippen molar-refractivity contribution in [1.29, 1.82) is 0 Å². The number of non-ortho nitro benzene ring substituents is 1. The van der Waals surface area contributed by atoms with E-state index in [0.29, 0.717) is 22.1 Å². The molecule has 2 heterocycles. The fourth-order valence-corrected chi connectivity index (χ4v) is 4.88. The average molecular weight is 426 g/mol. The number of nitrogens with zero attached hydrogens (tertiary/aromatic N) is 3. The molecule has 0 unspecified atom stereocenters. The van der Waals surface area contributed by atoms with Gasteiger partial charge < -0.3 is 4.42 Å². The Bertz CT molecular complexity index is 1110. The Morgan fingerprint density at radius 2 is 1.77 bits per heavy atom. The van der Waals surface area contributed by atoms with Gasteiger partial charge in [-0.05, 0) is 42.9 Å². The van der Waals surface area contributed by atoms with Crippen LogP contribution in [0.3, 0.4) is 0 Å². The number of hydrogen-bond acceptors (Lipinski definition) is 6. The zero-order valence-electron chi connectivity index (χ0n) is 15.6. The molecule has 0 spiro atoms. The summed E-state index contributed by atoms with van der Waals surface area (Å²) in [7, 11) is 0. The van der Waals surface area contributed by atoms with Crippen LogP contribution < -0.4 is 0 Å². The van der Waals surface area contributed by atoms with Gasteiger partial charge in [-0.2, -0.15) is 10.1 Å². The molecule has 9 heteroatoms. The van der Waals surface area contributed by atoms with Gasteiger partial charge in [0.15, 0.2) is 0 Å². The molecule has 1 saturated heterocycles. The van der Waals surface area contributed by atoms with Gasteiger partial charge in [0.05, 0.1) is 28.0 Å². The minimum atomic E-state index is -0.517. The quantitative estimate of drug-likeness (QED) is 0.241. The third kappa shape index (κ3) is 2.87. The number of carbonyl (C=O) groups excluding carboxylic acids is 2. The molecule has 30 heavy (non-hydrogen) atoms. The Morgan fingerprint density at radius 1 is 1.10 bits per heavy atom. The summed E-state index contributed by atoms with van der Waals surface area (Å²) in [4.78, 5) is 36.0. The molecule has 6 rings (SSSR count). The van der Waals surface area contributed by atoms with Gasteiger partial charge in [-0.3, -0.25) is 19.7 Å². The molecule has 2 bridgehead atoms. The third-order valence-electron chi connectivity index (χ3n) is 6.09. The second-order valence-corrected chi connectivity index (χ2v) is 8.10. The zero-order valence-corrected chi connectivity index (χ0v) is 16.4. The highest BCUT2D eigenvalue weighted by molar-refractivity contribution is 6.33. The monoisotopic (exact) mass is 425 g/mol. The Labute approximate surface area is 175 Å². The SMILES string of the molecule is O=C1[C@@H]2[C@H](C(=O)N1/N=C\c1ccc(-c3cc([N+](=O)[O-])ccc3Cl)o1)[C@@H]1C=C[C@@H]2CC1. The summed E-state index contributed by atoms with van der Waals surface area (Å²) in [6.07, 6.45) is 7.25. The topological polar surface area (TPSA) is 106 Å². The van der Waals surface area contributed by atoms with Crippen LogP contribution in [-0.4, -0.2) is 28.0 Å². The summed E-state index contributed by atoms with van der Waals surface area (Å²) in [6, 6.07) is 7.25. The van der Waals surface area contributed by atoms with Gasteiger partial charge in [0.25, 0.3) is 17.5 Å². The highest BCUT2D eigenvalue weighted by Crippen LogP contribution is 2.49. The molecular weight excluding hydrogens is 410 g/mol. The van der Waals surface area contributed by atoms with Crippen LogP contribution in [0.25, 0.3) is 11.3 Å². The van der Waals surface area contributed by atoms with Gasteiger partial charge in [-0.25, -0.2) is 0 Å². The molecule has 0 N–H and O–H groups in total. The van der Waals surface area contributed by atoms with E-state index in [2.05, 4.69) is 17.3 Å². The van der Waals surface area contributed by atoms with Gasteiger partial charge in [-0.1, -0.05) is 23.8 Å². The number of nitro groups is 1. The molecule has 4 aliphatic rings. The maximum absolute atomic E-state index is 12.8. The van der Waals surface area contributed by atoms with Crippen molar-refractivity contribution in [2.24, 2.45) is 28.8 Å². The van der Waals surface area contributed by atoms with Crippen LogP contribution in [0.15, 0.2) is 52.0 Å². The van der Waals surface area contributed by atoms with E-state index in [1.54, 1.807) is 12.1 Å². The van der Waals surface area contributed by atoms with Crippen LogP contribution in [0.4, 0.5) is 5.69 Å². The van der Waals surface area contributed by atoms with Gasteiger partial charge in [0.2, 0.25) is 0 Å². The molecular formula is C21H16ClN3O5. The molecule has 2 aromatic rings. The van der Waals surface area contributed by atoms with E-state index in [1.807, 2.05) is 0 Å². The second-order valence-electron chi connectivity index (χ2n) is 7.70. The third-order valence-corrected chi connectivity index (χ3v) is 6.42. The van der Waals surface area contributed by atoms with E-state index >= 15 is 0 Å². The van der Waals surface area contributed by atoms with E-state index in [-0.39, 0.29) is 41.2 Å². The molecule has 2 fully saturated rings. The Hall–Kier alpha value is -3.26. The van der Waals surface area contributed by atoms with E-state index in [0.717, 1.165) is 17.9 Å². The lowest BCUT2D eigenvalue weighted by molar-refractivity contribution is -0.384. The van der Waals surface area contributed by atoms with E-state index < -0.39 is 4.92 Å². The molecule has 1 aromatic carbocycles. The molecule has 2 amide bonds. The number of furan rings is 1. The molecule has 0 radical (unpaired) electrons. The maximum Gasteiger partial charge on any atom is 0.270 e. The number of halogens is 1. The highest BCUT2D eigenvalue weighted by atomic mass is 35.5. The van der Waals surface area contributed by atoms with Crippen LogP contribution in [0.2, 0.25) is 5.02 Å². The largest absolute Gasteiger partial charge is 0.455 e. The first kappa shape index (κ1) is 18.7. The number of fused-ring (bicyclic) bond motifs is 1. The van der Waals surface area contributed by atoms with Crippen LogP contribution in [-0.2, 0) is 9.59 Å². The van der Waals surface area contributed by atoms with Crippen molar-refractivity contribution in [3.8, 4) is 11.3 Å². The van der Waals surface area contributed by atoms with Crippen LogP contribution in [0.1, 0.15) is 18.6 Å². The van der Waals surface area contributed by atoms with E-state index in [1.165, 1.54) is 24.4 Å². The van der Waals surface area contributed by atoms with Crippen molar-refractivity contribution >= 4 is 35.3 Å². The predicted octanol–water partition coefficient (Wildman–Crippen LogP) is 4.04. The number of nitro benzene ring substituents is 1. The van der Waals surface area contributed by atoms with Crippen LogP contribution in [0.5, 0.6) is 0 Å². The predicted molar refractivity (Wildman–Crippen MR) is 108 cm³/mol. The van der Waals surface area contributed by atoms with Crippen molar-refractivity contribution in [3.05, 3.63) is 63.4 Å². The lowest BCUT2D eigenvalue weighted by atomic mass is 9.63. The Kier molecular flexibility index (Phi) is 4.32. The fourth-order valence-electron chi connectivity index (χ4n) is 4.67. The minimum Gasteiger partial charge on any atom is -0.455 e. The van der Waals surface area contributed by atoms with Crippen molar-refractivity contribution < 1.29 is 18.9 Å². The van der Waals surface area contributed by atoms with Gasteiger partial charge in [0, 0.05) is 17.7 Å². The van der Waals surface area contributed by atoms with Gasteiger partial charge in [0.1, 0.15) is 11.5 Å². The standard InChI is InChI=1S/C21H16ClN3O5/c22-16-7-5-13(25(28)29)9-15(16)17-8-6-14(30-17)10-23-24-20(26)18-11-1-2-12(4-3-11)19(18)21(24)27/h1-2,5-12,18-19H,3-4H2/b23-10-/t11-,12-,18-,19+/m1/s1. The number of carbonyl (C=O) groups is 2. The first-order valence-electron chi connectivity index (χ1n) is 9.58. The molecule has 1 aliphatic heterocycles. The maximum atomic E-state index is 12.8. The number of benzene rings is 1. The molecule has 4 atom stereocenters. The molecule has 1 aromatic heterocycles. The number of hydrogen-bond donors (Lipinski definition) is 0.